The van der Waals surface area contributed by atoms with Crippen LogP contribution in [0.1, 0.15) is 36.2 Å². The maximum absolute atomic E-state index is 12.7. The number of aromatic nitrogens is 1. The summed E-state index contributed by atoms with van der Waals surface area (Å²) in [5, 5.41) is 9.11. The molecule has 21 heavy (non-hydrogen) atoms. The summed E-state index contributed by atoms with van der Waals surface area (Å²) < 4.78 is 28.3. The van der Waals surface area contributed by atoms with E-state index in [0.29, 0.717) is 13.0 Å². The number of carbonyl (C=O) groups is 1. The fourth-order valence-electron chi connectivity index (χ4n) is 2.78. The molecule has 118 valence electrons. The number of aliphatic hydroxyl groups is 1. The van der Waals surface area contributed by atoms with E-state index >= 15 is 0 Å². The van der Waals surface area contributed by atoms with E-state index in [1.807, 2.05) is 0 Å². The number of aliphatic hydroxyl groups excluding tert-OH is 1. The SMILES string of the molecule is Cn1cc(S(=O)(=O)N2CCCCC2CCO)cc1C(N)=O. The monoisotopic (exact) mass is 315 g/mol. The summed E-state index contributed by atoms with van der Waals surface area (Å²) >= 11 is 0. The Bertz CT molecular complexity index is 621. The van der Waals surface area contributed by atoms with Crippen LogP contribution in [0.5, 0.6) is 0 Å². The third kappa shape index (κ3) is 3.12. The topological polar surface area (TPSA) is 106 Å². The molecule has 7 nitrogen and oxygen atoms in total. The largest absolute Gasteiger partial charge is 0.396 e. The summed E-state index contributed by atoms with van der Waals surface area (Å²) in [6, 6.07) is 1.12. The van der Waals surface area contributed by atoms with E-state index in [4.69, 9.17) is 10.8 Å². The molecular formula is C13H21N3O4S. The molecule has 2 rings (SSSR count). The molecule has 1 aromatic rings. The second kappa shape index (κ2) is 6.17. The van der Waals surface area contributed by atoms with Crippen molar-refractivity contribution in [2.45, 2.75) is 36.6 Å². The lowest BCUT2D eigenvalue weighted by Crippen LogP contribution is -2.43. The first-order valence-electron chi connectivity index (χ1n) is 6.97. The highest BCUT2D eigenvalue weighted by molar-refractivity contribution is 7.89. The van der Waals surface area contributed by atoms with Crippen LogP contribution in [0.4, 0.5) is 0 Å². The van der Waals surface area contributed by atoms with Crippen LogP contribution in [0.2, 0.25) is 0 Å². The lowest BCUT2D eigenvalue weighted by atomic mass is 10.0. The first kappa shape index (κ1) is 16.0. The molecule has 0 radical (unpaired) electrons. The summed E-state index contributed by atoms with van der Waals surface area (Å²) in [4.78, 5) is 11.3. The lowest BCUT2D eigenvalue weighted by molar-refractivity contribution is 0.0992. The van der Waals surface area contributed by atoms with Gasteiger partial charge in [0.1, 0.15) is 10.6 Å². The van der Waals surface area contributed by atoms with Crippen LogP contribution < -0.4 is 5.73 Å². The molecule has 1 saturated heterocycles. The van der Waals surface area contributed by atoms with Crippen molar-refractivity contribution in [2.24, 2.45) is 12.8 Å². The van der Waals surface area contributed by atoms with Crippen molar-refractivity contribution < 1.29 is 18.3 Å². The van der Waals surface area contributed by atoms with E-state index < -0.39 is 15.9 Å². The standard InChI is InChI=1S/C13H21N3O4S/c1-15-9-11(8-12(15)13(14)18)21(19,20)16-6-3-2-4-10(16)5-7-17/h8-10,17H,2-7H2,1H3,(H2,14,18). The zero-order chi connectivity index (χ0) is 15.6. The first-order chi connectivity index (χ1) is 9.87. The maximum Gasteiger partial charge on any atom is 0.265 e. The lowest BCUT2D eigenvalue weighted by Gasteiger charge is -2.34. The van der Waals surface area contributed by atoms with Crippen LogP contribution in [0.3, 0.4) is 0 Å². The molecule has 2 heterocycles. The van der Waals surface area contributed by atoms with Crippen LogP contribution in [-0.2, 0) is 17.1 Å². The fraction of sp³-hybridized carbons (Fsp3) is 0.615. The van der Waals surface area contributed by atoms with E-state index in [9.17, 15) is 13.2 Å². The van der Waals surface area contributed by atoms with Gasteiger partial charge in [-0.3, -0.25) is 4.79 Å². The van der Waals surface area contributed by atoms with Gasteiger partial charge < -0.3 is 15.4 Å². The molecule has 1 fully saturated rings. The Hall–Kier alpha value is -1.38. The highest BCUT2D eigenvalue weighted by Crippen LogP contribution is 2.27. The second-order valence-electron chi connectivity index (χ2n) is 5.31. The van der Waals surface area contributed by atoms with Gasteiger partial charge in [0.05, 0.1) is 0 Å². The van der Waals surface area contributed by atoms with Crippen molar-refractivity contribution in [3.8, 4) is 0 Å². The summed E-state index contributed by atoms with van der Waals surface area (Å²) in [5.41, 5.74) is 5.38. The van der Waals surface area contributed by atoms with Gasteiger partial charge in [-0.25, -0.2) is 8.42 Å². The number of hydrogen-bond acceptors (Lipinski definition) is 4. The number of primary amides is 1. The minimum Gasteiger partial charge on any atom is -0.396 e. The Balaban J connectivity index is 2.36. The molecule has 1 atom stereocenters. The Kier molecular flexibility index (Phi) is 4.70. The van der Waals surface area contributed by atoms with Gasteiger partial charge in [-0.1, -0.05) is 6.42 Å². The molecule has 3 N–H and O–H groups in total. The molecule has 1 aliphatic rings. The van der Waals surface area contributed by atoms with Crippen molar-refractivity contribution in [1.29, 1.82) is 0 Å². The van der Waals surface area contributed by atoms with Crippen molar-refractivity contribution in [3.05, 3.63) is 18.0 Å². The molecule has 0 bridgehead atoms. The third-order valence-electron chi connectivity index (χ3n) is 3.87. The van der Waals surface area contributed by atoms with Gasteiger partial charge in [0.25, 0.3) is 5.91 Å². The Labute approximate surface area is 124 Å². The van der Waals surface area contributed by atoms with Gasteiger partial charge in [0, 0.05) is 32.4 Å². The summed E-state index contributed by atoms with van der Waals surface area (Å²) in [5.74, 6) is -0.662. The predicted octanol–water partition coefficient (Wildman–Crippen LogP) is 0.0496. The number of rotatable bonds is 5. The number of piperidine rings is 1. The molecule has 1 unspecified atom stereocenters. The summed E-state index contributed by atoms with van der Waals surface area (Å²) in [6.45, 7) is 0.395. The third-order valence-corrected chi connectivity index (χ3v) is 5.79. The average molecular weight is 315 g/mol. The first-order valence-corrected chi connectivity index (χ1v) is 8.41. The molecule has 1 aliphatic heterocycles. The molecule has 0 aromatic carbocycles. The summed E-state index contributed by atoms with van der Waals surface area (Å²) in [6.07, 6.45) is 4.33. The number of carbonyl (C=O) groups excluding carboxylic acids is 1. The van der Waals surface area contributed by atoms with E-state index in [2.05, 4.69) is 0 Å². The Morgan fingerprint density at radius 2 is 2.19 bits per heavy atom. The van der Waals surface area contributed by atoms with Gasteiger partial charge in [-0.2, -0.15) is 4.31 Å². The minimum absolute atomic E-state index is 0.0436. The van der Waals surface area contributed by atoms with Crippen LogP contribution in [-0.4, -0.2) is 47.5 Å². The zero-order valence-corrected chi connectivity index (χ0v) is 12.8. The van der Waals surface area contributed by atoms with Gasteiger partial charge in [-0.05, 0) is 25.3 Å². The van der Waals surface area contributed by atoms with Crippen molar-refractivity contribution in [3.63, 3.8) is 0 Å². The number of hydrogen-bond donors (Lipinski definition) is 2. The van der Waals surface area contributed by atoms with E-state index in [-0.39, 0.29) is 23.2 Å². The Morgan fingerprint density at radius 3 is 2.76 bits per heavy atom. The maximum atomic E-state index is 12.7. The number of nitrogens with zero attached hydrogens (tertiary/aromatic N) is 2. The fourth-order valence-corrected chi connectivity index (χ4v) is 4.58. The van der Waals surface area contributed by atoms with E-state index in [1.165, 1.54) is 21.1 Å². The number of nitrogens with two attached hydrogens (primary N) is 1. The van der Waals surface area contributed by atoms with Crippen LogP contribution >= 0.6 is 0 Å². The highest BCUT2D eigenvalue weighted by Gasteiger charge is 2.34. The second-order valence-corrected chi connectivity index (χ2v) is 7.20. The van der Waals surface area contributed by atoms with Crippen molar-refractivity contribution in [2.75, 3.05) is 13.2 Å². The summed E-state index contributed by atoms with van der Waals surface area (Å²) in [7, 11) is -2.09. The van der Waals surface area contributed by atoms with E-state index in [0.717, 1.165) is 19.3 Å². The molecule has 1 aromatic heterocycles. The van der Waals surface area contributed by atoms with Crippen LogP contribution in [0.15, 0.2) is 17.2 Å². The quantitative estimate of drug-likeness (QED) is 0.800. The molecular weight excluding hydrogens is 294 g/mol. The molecule has 0 spiro atoms. The van der Waals surface area contributed by atoms with Crippen LogP contribution in [0.25, 0.3) is 0 Å². The number of amides is 1. The number of aryl methyl sites for hydroxylation is 1. The molecule has 0 aliphatic carbocycles. The molecule has 8 heteroatoms. The van der Waals surface area contributed by atoms with Gasteiger partial charge in [0.15, 0.2) is 0 Å². The van der Waals surface area contributed by atoms with Crippen molar-refractivity contribution >= 4 is 15.9 Å². The number of sulfonamides is 1. The minimum atomic E-state index is -3.67. The normalized spacial score (nSPS) is 20.6. The highest BCUT2D eigenvalue weighted by atomic mass is 32.2. The smallest absolute Gasteiger partial charge is 0.265 e. The van der Waals surface area contributed by atoms with E-state index in [1.54, 1.807) is 7.05 Å². The van der Waals surface area contributed by atoms with Gasteiger partial charge in [-0.15, -0.1) is 0 Å². The van der Waals surface area contributed by atoms with Gasteiger partial charge in [0.2, 0.25) is 10.0 Å². The zero-order valence-electron chi connectivity index (χ0n) is 12.0. The molecule has 1 amide bonds. The van der Waals surface area contributed by atoms with Crippen molar-refractivity contribution in [1.82, 2.24) is 8.87 Å². The predicted molar refractivity (Wildman–Crippen MR) is 77.2 cm³/mol. The Morgan fingerprint density at radius 1 is 1.48 bits per heavy atom. The van der Waals surface area contributed by atoms with Crippen LogP contribution in [0, 0.1) is 0 Å². The molecule has 0 saturated carbocycles. The van der Waals surface area contributed by atoms with Gasteiger partial charge >= 0.3 is 0 Å². The average Bonchev–Trinajstić information content (AvgIpc) is 2.82.